The number of ether oxygens (including phenoxy) is 1. The van der Waals surface area contributed by atoms with Crippen LogP contribution >= 0.6 is 0 Å². The van der Waals surface area contributed by atoms with E-state index in [0.717, 1.165) is 35.5 Å². The fraction of sp³-hybridized carbons (Fsp3) is 0.538. The number of quaternary nitrogens is 1. The summed E-state index contributed by atoms with van der Waals surface area (Å²) in [5.41, 5.74) is 1.11. The maximum absolute atomic E-state index is 5.66. The summed E-state index contributed by atoms with van der Waals surface area (Å²) in [6.45, 7) is 1.92. The Kier molecular flexibility index (Phi) is 4.62. The lowest BCUT2D eigenvalue weighted by molar-refractivity contribution is -0.870. The van der Waals surface area contributed by atoms with E-state index >= 15 is 0 Å². The Morgan fingerprint density at radius 2 is 1.75 bits per heavy atom. The summed E-state index contributed by atoms with van der Waals surface area (Å²) in [6, 6.07) is 8.04. The van der Waals surface area contributed by atoms with E-state index in [1.54, 1.807) is 0 Å². The molecule has 1 N–H and O–H groups in total. The Labute approximate surface area is 98.6 Å². The molecule has 0 saturated carbocycles. The molecule has 1 aromatic rings. The van der Waals surface area contributed by atoms with Crippen molar-refractivity contribution >= 4 is 5.69 Å². The van der Waals surface area contributed by atoms with Crippen LogP contribution in [0.15, 0.2) is 24.3 Å². The molecule has 0 unspecified atom stereocenters. The minimum Gasteiger partial charge on any atom is -0.493 e. The average molecular weight is 223 g/mol. The maximum atomic E-state index is 5.66. The Morgan fingerprint density at radius 3 is 2.25 bits per heavy atom. The molecule has 0 saturated heterocycles. The fourth-order valence-corrected chi connectivity index (χ4v) is 1.45. The number of rotatable bonds is 6. The normalized spacial score (nSPS) is 11.2. The molecule has 0 aliphatic rings. The van der Waals surface area contributed by atoms with Crippen LogP contribution < -0.4 is 10.1 Å². The van der Waals surface area contributed by atoms with E-state index in [2.05, 4.69) is 26.5 Å². The van der Waals surface area contributed by atoms with Gasteiger partial charge in [0.2, 0.25) is 0 Å². The summed E-state index contributed by atoms with van der Waals surface area (Å²) < 4.78 is 6.65. The molecule has 0 heterocycles. The van der Waals surface area contributed by atoms with E-state index in [-0.39, 0.29) is 0 Å². The van der Waals surface area contributed by atoms with E-state index in [1.807, 2.05) is 31.3 Å². The standard InChI is InChI=1S/C13H23N2O/c1-14-12-6-8-13(9-7-12)16-11-5-10-15(2,3)4/h6-9,14H,5,10-11H2,1-4H3/q+1. The molecule has 0 amide bonds. The lowest BCUT2D eigenvalue weighted by Crippen LogP contribution is -2.35. The molecule has 0 bridgehead atoms. The molecule has 90 valence electrons. The molecule has 0 atom stereocenters. The van der Waals surface area contributed by atoms with E-state index in [9.17, 15) is 0 Å². The third-order valence-corrected chi connectivity index (χ3v) is 2.38. The number of nitrogens with zero attached hydrogens (tertiary/aromatic N) is 1. The molecule has 0 aromatic heterocycles. The van der Waals surface area contributed by atoms with Gasteiger partial charge in [-0.15, -0.1) is 0 Å². The predicted molar refractivity (Wildman–Crippen MR) is 69.0 cm³/mol. The van der Waals surface area contributed by atoms with Gasteiger partial charge >= 0.3 is 0 Å². The molecule has 0 radical (unpaired) electrons. The van der Waals surface area contributed by atoms with E-state index in [1.165, 1.54) is 0 Å². The van der Waals surface area contributed by atoms with Crippen LogP contribution in [0.5, 0.6) is 5.75 Å². The highest BCUT2D eigenvalue weighted by atomic mass is 16.5. The van der Waals surface area contributed by atoms with Gasteiger partial charge in [0.1, 0.15) is 5.75 Å². The Morgan fingerprint density at radius 1 is 1.12 bits per heavy atom. The zero-order chi connectivity index (χ0) is 12.0. The van der Waals surface area contributed by atoms with Crippen LogP contribution in [-0.2, 0) is 0 Å². The zero-order valence-electron chi connectivity index (χ0n) is 10.8. The number of anilines is 1. The molecule has 3 heteroatoms. The highest BCUT2D eigenvalue weighted by Gasteiger charge is 2.05. The number of hydrogen-bond donors (Lipinski definition) is 1. The lowest BCUT2D eigenvalue weighted by atomic mass is 10.3. The first-order valence-corrected chi connectivity index (χ1v) is 5.72. The van der Waals surface area contributed by atoms with Gasteiger partial charge in [-0.05, 0) is 24.3 Å². The quantitative estimate of drug-likeness (QED) is 0.589. The number of nitrogens with one attached hydrogen (secondary N) is 1. The van der Waals surface area contributed by atoms with Crippen molar-refractivity contribution in [1.29, 1.82) is 0 Å². The monoisotopic (exact) mass is 223 g/mol. The van der Waals surface area contributed by atoms with Gasteiger partial charge < -0.3 is 14.5 Å². The SMILES string of the molecule is CNc1ccc(OCCC[N+](C)(C)C)cc1. The van der Waals surface area contributed by atoms with Gasteiger partial charge in [-0.2, -0.15) is 0 Å². The van der Waals surface area contributed by atoms with E-state index < -0.39 is 0 Å². The molecular formula is C13H23N2O+. The minimum absolute atomic E-state index is 0.786. The van der Waals surface area contributed by atoms with Crippen molar-refractivity contribution in [2.75, 3.05) is 46.7 Å². The van der Waals surface area contributed by atoms with Crippen LogP contribution in [0.2, 0.25) is 0 Å². The summed E-state index contributed by atoms with van der Waals surface area (Å²) in [5, 5.41) is 3.08. The summed E-state index contributed by atoms with van der Waals surface area (Å²) in [5.74, 6) is 0.945. The molecule has 0 aliphatic heterocycles. The third-order valence-electron chi connectivity index (χ3n) is 2.38. The molecule has 0 fully saturated rings. The first-order valence-electron chi connectivity index (χ1n) is 5.72. The van der Waals surface area contributed by atoms with Crippen molar-refractivity contribution in [2.24, 2.45) is 0 Å². The van der Waals surface area contributed by atoms with Gasteiger partial charge in [-0.3, -0.25) is 0 Å². The zero-order valence-corrected chi connectivity index (χ0v) is 10.8. The topological polar surface area (TPSA) is 21.3 Å². The second-order valence-electron chi connectivity index (χ2n) is 4.99. The third kappa shape index (κ3) is 5.03. The Balaban J connectivity index is 2.27. The van der Waals surface area contributed by atoms with Crippen LogP contribution in [0, 0.1) is 0 Å². The molecule has 1 rings (SSSR count). The summed E-state index contributed by atoms with van der Waals surface area (Å²) in [6.07, 6.45) is 1.08. The molecule has 0 spiro atoms. The van der Waals surface area contributed by atoms with Gasteiger partial charge in [-0.25, -0.2) is 0 Å². The molecule has 0 aliphatic carbocycles. The highest BCUT2D eigenvalue weighted by molar-refractivity contribution is 5.45. The first-order chi connectivity index (χ1) is 7.51. The van der Waals surface area contributed by atoms with Gasteiger partial charge in [0, 0.05) is 19.2 Å². The summed E-state index contributed by atoms with van der Waals surface area (Å²) in [7, 11) is 8.50. The lowest BCUT2D eigenvalue weighted by Gasteiger charge is -2.23. The molecule has 3 nitrogen and oxygen atoms in total. The summed E-state index contributed by atoms with van der Waals surface area (Å²) in [4.78, 5) is 0. The average Bonchev–Trinajstić information content (AvgIpc) is 2.24. The Hall–Kier alpha value is -1.22. The van der Waals surface area contributed by atoms with Crippen LogP contribution in [0.1, 0.15) is 6.42 Å². The molecule has 16 heavy (non-hydrogen) atoms. The van der Waals surface area contributed by atoms with Gasteiger partial charge in [-0.1, -0.05) is 0 Å². The van der Waals surface area contributed by atoms with Crippen molar-refractivity contribution < 1.29 is 9.22 Å². The van der Waals surface area contributed by atoms with Crippen molar-refractivity contribution in [3.63, 3.8) is 0 Å². The smallest absolute Gasteiger partial charge is 0.119 e. The summed E-state index contributed by atoms with van der Waals surface area (Å²) >= 11 is 0. The van der Waals surface area contributed by atoms with E-state index in [0.29, 0.717) is 0 Å². The first kappa shape index (κ1) is 12.8. The second-order valence-corrected chi connectivity index (χ2v) is 4.99. The van der Waals surface area contributed by atoms with Crippen LogP contribution in [0.3, 0.4) is 0 Å². The highest BCUT2D eigenvalue weighted by Crippen LogP contribution is 2.15. The van der Waals surface area contributed by atoms with Crippen LogP contribution in [0.4, 0.5) is 5.69 Å². The second kappa shape index (κ2) is 5.75. The van der Waals surface area contributed by atoms with Crippen molar-refractivity contribution in [3.8, 4) is 5.75 Å². The van der Waals surface area contributed by atoms with Crippen LogP contribution in [0.25, 0.3) is 0 Å². The van der Waals surface area contributed by atoms with Crippen molar-refractivity contribution in [1.82, 2.24) is 0 Å². The van der Waals surface area contributed by atoms with Crippen molar-refractivity contribution in [3.05, 3.63) is 24.3 Å². The van der Waals surface area contributed by atoms with Gasteiger partial charge in [0.25, 0.3) is 0 Å². The molecular weight excluding hydrogens is 200 g/mol. The van der Waals surface area contributed by atoms with Crippen molar-refractivity contribution in [2.45, 2.75) is 6.42 Å². The predicted octanol–water partition coefficient (Wildman–Crippen LogP) is 2.20. The number of hydrogen-bond acceptors (Lipinski definition) is 2. The largest absolute Gasteiger partial charge is 0.493 e. The fourth-order valence-electron chi connectivity index (χ4n) is 1.45. The maximum Gasteiger partial charge on any atom is 0.119 e. The van der Waals surface area contributed by atoms with Crippen LogP contribution in [-0.4, -0.2) is 45.8 Å². The van der Waals surface area contributed by atoms with Gasteiger partial charge in [0.05, 0.1) is 34.3 Å². The molecule has 1 aromatic carbocycles. The minimum atomic E-state index is 0.786. The Bertz CT molecular complexity index is 301. The van der Waals surface area contributed by atoms with E-state index in [4.69, 9.17) is 4.74 Å². The van der Waals surface area contributed by atoms with Gasteiger partial charge in [0.15, 0.2) is 0 Å². The number of benzene rings is 1.